The molecule has 128 valence electrons. The van der Waals surface area contributed by atoms with Gasteiger partial charge in [-0.25, -0.2) is 9.07 Å². The zero-order chi connectivity index (χ0) is 18.0. The summed E-state index contributed by atoms with van der Waals surface area (Å²) < 4.78 is 19.6. The Morgan fingerprint density at radius 2 is 1.76 bits per heavy atom. The Bertz CT molecular complexity index is 967. The van der Waals surface area contributed by atoms with Crippen LogP contribution >= 0.6 is 0 Å². The standard InChI is InChI=1S/C19H18FN3O2/c1-12(21-15-6-4-14(20)5-7-15)18-13(2)22-23(19(18)24)16-8-10-17(25-3)11-9-16/h4-11,22H,1-3H3. The fraction of sp³-hybridized carbons (Fsp3) is 0.158. The molecule has 1 aromatic heterocycles. The Hall–Kier alpha value is -3.15. The Kier molecular flexibility index (Phi) is 4.52. The molecular weight excluding hydrogens is 321 g/mol. The third kappa shape index (κ3) is 3.38. The van der Waals surface area contributed by atoms with Gasteiger partial charge in [-0.1, -0.05) is 0 Å². The van der Waals surface area contributed by atoms with Gasteiger partial charge in [-0.3, -0.25) is 14.9 Å². The van der Waals surface area contributed by atoms with Gasteiger partial charge in [0.1, 0.15) is 11.6 Å². The van der Waals surface area contributed by atoms with E-state index >= 15 is 0 Å². The zero-order valence-electron chi connectivity index (χ0n) is 14.2. The van der Waals surface area contributed by atoms with E-state index in [2.05, 4.69) is 10.1 Å². The summed E-state index contributed by atoms with van der Waals surface area (Å²) in [4.78, 5) is 17.2. The van der Waals surface area contributed by atoms with E-state index < -0.39 is 0 Å². The molecule has 0 aliphatic heterocycles. The molecule has 0 atom stereocenters. The number of aliphatic imine (C=N–C) groups is 1. The molecule has 0 aliphatic carbocycles. The highest BCUT2D eigenvalue weighted by Gasteiger charge is 2.15. The van der Waals surface area contributed by atoms with Gasteiger partial charge in [0.15, 0.2) is 0 Å². The Morgan fingerprint density at radius 3 is 2.36 bits per heavy atom. The summed E-state index contributed by atoms with van der Waals surface area (Å²) >= 11 is 0. The molecule has 0 aliphatic rings. The topological polar surface area (TPSA) is 59.4 Å². The van der Waals surface area contributed by atoms with Gasteiger partial charge in [0.2, 0.25) is 0 Å². The van der Waals surface area contributed by atoms with Gasteiger partial charge >= 0.3 is 0 Å². The molecule has 0 amide bonds. The van der Waals surface area contributed by atoms with Gasteiger partial charge in [0.05, 0.1) is 29.8 Å². The zero-order valence-corrected chi connectivity index (χ0v) is 14.2. The third-order valence-corrected chi connectivity index (χ3v) is 3.89. The SMILES string of the molecule is COc1ccc(-n2[nH]c(C)c(C(C)=Nc3ccc(F)cc3)c2=O)cc1. The molecule has 0 bridgehead atoms. The first-order chi connectivity index (χ1) is 12.0. The molecule has 0 unspecified atom stereocenters. The second-order valence-corrected chi connectivity index (χ2v) is 5.62. The van der Waals surface area contributed by atoms with E-state index in [0.717, 1.165) is 0 Å². The van der Waals surface area contributed by atoms with Crippen LogP contribution in [0.1, 0.15) is 18.2 Å². The fourth-order valence-corrected chi connectivity index (χ4v) is 2.65. The highest BCUT2D eigenvalue weighted by atomic mass is 19.1. The van der Waals surface area contributed by atoms with Crippen LogP contribution in [0.5, 0.6) is 5.75 Å². The van der Waals surface area contributed by atoms with Crippen molar-refractivity contribution in [3.05, 3.63) is 76.0 Å². The number of hydrogen-bond donors (Lipinski definition) is 1. The lowest BCUT2D eigenvalue weighted by Crippen LogP contribution is -2.19. The molecular formula is C19H18FN3O2. The number of aromatic nitrogens is 2. The van der Waals surface area contributed by atoms with Crippen LogP contribution in [0.4, 0.5) is 10.1 Å². The van der Waals surface area contributed by atoms with Crippen molar-refractivity contribution in [2.24, 2.45) is 4.99 Å². The summed E-state index contributed by atoms with van der Waals surface area (Å²) in [6.07, 6.45) is 0. The van der Waals surface area contributed by atoms with E-state index in [4.69, 9.17) is 4.74 Å². The number of halogens is 1. The average molecular weight is 339 g/mol. The number of H-pyrrole nitrogens is 1. The van der Waals surface area contributed by atoms with Gasteiger partial charge in [-0.05, 0) is 62.4 Å². The minimum Gasteiger partial charge on any atom is -0.497 e. The highest BCUT2D eigenvalue weighted by molar-refractivity contribution is 6.00. The summed E-state index contributed by atoms with van der Waals surface area (Å²) in [6.45, 7) is 3.58. The number of nitrogens with one attached hydrogen (secondary N) is 1. The number of aromatic amines is 1. The molecule has 3 rings (SSSR count). The number of hydrogen-bond acceptors (Lipinski definition) is 3. The third-order valence-electron chi connectivity index (χ3n) is 3.89. The summed E-state index contributed by atoms with van der Waals surface area (Å²) in [7, 11) is 1.59. The van der Waals surface area contributed by atoms with E-state index in [9.17, 15) is 9.18 Å². The molecule has 3 aromatic rings. The van der Waals surface area contributed by atoms with Crippen molar-refractivity contribution in [2.45, 2.75) is 13.8 Å². The molecule has 1 N–H and O–H groups in total. The number of nitrogens with zero attached hydrogens (tertiary/aromatic N) is 2. The number of rotatable bonds is 4. The fourth-order valence-electron chi connectivity index (χ4n) is 2.65. The van der Waals surface area contributed by atoms with Crippen molar-refractivity contribution in [1.29, 1.82) is 0 Å². The van der Waals surface area contributed by atoms with Gasteiger partial charge in [-0.15, -0.1) is 0 Å². The first-order valence-electron chi connectivity index (χ1n) is 7.77. The van der Waals surface area contributed by atoms with Crippen LogP contribution in [0.15, 0.2) is 58.3 Å². The van der Waals surface area contributed by atoms with Gasteiger partial charge in [0.25, 0.3) is 5.56 Å². The molecule has 2 aromatic carbocycles. The lowest BCUT2D eigenvalue weighted by Gasteiger charge is -2.03. The lowest BCUT2D eigenvalue weighted by atomic mass is 10.1. The molecule has 0 saturated carbocycles. The van der Waals surface area contributed by atoms with Crippen molar-refractivity contribution >= 4 is 11.4 Å². The van der Waals surface area contributed by atoms with Gasteiger partial charge < -0.3 is 4.74 Å². The van der Waals surface area contributed by atoms with Crippen molar-refractivity contribution < 1.29 is 9.13 Å². The van der Waals surface area contributed by atoms with E-state index in [1.54, 1.807) is 50.4 Å². The maximum absolute atomic E-state index is 13.0. The van der Waals surface area contributed by atoms with Crippen LogP contribution in [0.25, 0.3) is 5.69 Å². The molecule has 0 fully saturated rings. The van der Waals surface area contributed by atoms with Crippen LogP contribution < -0.4 is 10.3 Å². The Balaban J connectivity index is 2.01. The highest BCUT2D eigenvalue weighted by Crippen LogP contribution is 2.17. The van der Waals surface area contributed by atoms with Crippen LogP contribution in [-0.4, -0.2) is 22.6 Å². The van der Waals surface area contributed by atoms with Gasteiger partial charge in [-0.2, -0.15) is 0 Å². The second kappa shape index (κ2) is 6.76. The molecule has 0 saturated heterocycles. The normalized spacial score (nSPS) is 11.6. The van der Waals surface area contributed by atoms with Crippen LogP contribution in [0.2, 0.25) is 0 Å². The minimum absolute atomic E-state index is 0.189. The largest absolute Gasteiger partial charge is 0.497 e. The van der Waals surface area contributed by atoms with Crippen LogP contribution in [0.3, 0.4) is 0 Å². The predicted octanol–water partition coefficient (Wildman–Crippen LogP) is 3.76. The van der Waals surface area contributed by atoms with E-state index in [-0.39, 0.29) is 11.4 Å². The first-order valence-corrected chi connectivity index (χ1v) is 7.77. The van der Waals surface area contributed by atoms with E-state index in [1.165, 1.54) is 16.8 Å². The molecule has 6 heteroatoms. The van der Waals surface area contributed by atoms with Crippen molar-refractivity contribution in [3.63, 3.8) is 0 Å². The summed E-state index contributed by atoms with van der Waals surface area (Å²) in [6, 6.07) is 13.0. The number of aryl methyl sites for hydroxylation is 1. The van der Waals surface area contributed by atoms with Crippen LogP contribution in [-0.2, 0) is 0 Å². The van der Waals surface area contributed by atoms with Crippen LogP contribution in [0, 0.1) is 12.7 Å². The van der Waals surface area contributed by atoms with E-state index in [0.29, 0.717) is 34.1 Å². The van der Waals surface area contributed by atoms with Gasteiger partial charge in [0, 0.05) is 5.69 Å². The molecule has 0 radical (unpaired) electrons. The monoisotopic (exact) mass is 339 g/mol. The Morgan fingerprint density at radius 1 is 1.12 bits per heavy atom. The number of ether oxygens (including phenoxy) is 1. The smallest absolute Gasteiger partial charge is 0.280 e. The molecule has 25 heavy (non-hydrogen) atoms. The molecule has 1 heterocycles. The summed E-state index contributed by atoms with van der Waals surface area (Å²) in [5.74, 6) is 0.394. The van der Waals surface area contributed by atoms with Crippen molar-refractivity contribution in [1.82, 2.24) is 9.78 Å². The molecule has 0 spiro atoms. The average Bonchev–Trinajstić information content (AvgIpc) is 2.91. The second-order valence-electron chi connectivity index (χ2n) is 5.62. The predicted molar refractivity (Wildman–Crippen MR) is 95.9 cm³/mol. The van der Waals surface area contributed by atoms with Crippen molar-refractivity contribution in [3.8, 4) is 11.4 Å². The number of methoxy groups -OCH3 is 1. The van der Waals surface area contributed by atoms with E-state index in [1.807, 2.05) is 6.92 Å². The molecule has 5 nitrogen and oxygen atoms in total. The first kappa shape index (κ1) is 16.7. The quantitative estimate of drug-likeness (QED) is 0.736. The Labute approximate surface area is 144 Å². The maximum Gasteiger partial charge on any atom is 0.280 e. The lowest BCUT2D eigenvalue weighted by molar-refractivity contribution is 0.414. The summed E-state index contributed by atoms with van der Waals surface area (Å²) in [5.41, 5.74) is 2.89. The van der Waals surface area contributed by atoms with Crippen molar-refractivity contribution in [2.75, 3.05) is 7.11 Å². The number of benzene rings is 2. The summed E-state index contributed by atoms with van der Waals surface area (Å²) in [5, 5.41) is 3.07. The maximum atomic E-state index is 13.0. The minimum atomic E-state index is -0.323.